The largest absolute Gasteiger partial charge is 0.374 e. The summed E-state index contributed by atoms with van der Waals surface area (Å²) in [6.45, 7) is 4.37. The van der Waals surface area contributed by atoms with Gasteiger partial charge in [-0.15, -0.1) is 0 Å². The topological polar surface area (TPSA) is 32.3 Å². The van der Waals surface area contributed by atoms with Crippen molar-refractivity contribution < 1.29 is 5.11 Å². The van der Waals surface area contributed by atoms with E-state index in [0.29, 0.717) is 12.3 Å². The van der Waals surface area contributed by atoms with Crippen LogP contribution in [0, 0.1) is 6.42 Å². The number of nitrogens with one attached hydrogen (secondary N) is 1. The number of fused-ring (bicyclic) bond motifs is 1. The molecule has 1 aliphatic heterocycles. The molecular formula is C12H16NO. The summed E-state index contributed by atoms with van der Waals surface area (Å²) in [5.74, 6) is 0.556. The molecule has 1 aliphatic rings. The van der Waals surface area contributed by atoms with Gasteiger partial charge in [0, 0.05) is 5.69 Å². The highest BCUT2D eigenvalue weighted by molar-refractivity contribution is 5.58. The van der Waals surface area contributed by atoms with Crippen LogP contribution >= 0.6 is 0 Å². The van der Waals surface area contributed by atoms with E-state index in [0.717, 1.165) is 5.69 Å². The quantitative estimate of drug-likeness (QED) is 0.713. The molecule has 2 heteroatoms. The number of aliphatic hydroxyl groups excluding tert-OH is 1. The Morgan fingerprint density at radius 3 is 2.93 bits per heavy atom. The number of rotatable bonds is 1. The minimum absolute atomic E-state index is 0.424. The van der Waals surface area contributed by atoms with Crippen LogP contribution in [-0.4, -0.2) is 11.3 Å². The first-order valence-electron chi connectivity index (χ1n) is 5.08. The SMILES string of the molecule is CC(C)c1ccc2c(c1)[CH]CC(O)N2. The van der Waals surface area contributed by atoms with Crippen molar-refractivity contribution in [1.82, 2.24) is 0 Å². The van der Waals surface area contributed by atoms with Crippen molar-refractivity contribution in [1.29, 1.82) is 0 Å². The van der Waals surface area contributed by atoms with Crippen LogP contribution in [0.3, 0.4) is 0 Å². The normalized spacial score (nSPS) is 20.4. The molecule has 0 fully saturated rings. The fourth-order valence-corrected chi connectivity index (χ4v) is 1.72. The third kappa shape index (κ3) is 1.75. The van der Waals surface area contributed by atoms with E-state index < -0.39 is 6.23 Å². The number of aliphatic hydroxyl groups is 1. The van der Waals surface area contributed by atoms with Gasteiger partial charge in [0.25, 0.3) is 0 Å². The summed E-state index contributed by atoms with van der Waals surface area (Å²) in [5.41, 5.74) is 3.59. The minimum atomic E-state index is -0.424. The molecule has 2 N–H and O–H groups in total. The standard InChI is InChI=1S/C12H16NO/c1-8(2)9-3-5-11-10(7-9)4-6-12(14)13-11/h3-5,7-8,12-14H,6H2,1-2H3. The highest BCUT2D eigenvalue weighted by atomic mass is 16.3. The molecule has 1 aromatic rings. The minimum Gasteiger partial charge on any atom is -0.374 e. The fraction of sp³-hybridized carbons (Fsp3) is 0.417. The molecule has 14 heavy (non-hydrogen) atoms. The number of hydrogen-bond donors (Lipinski definition) is 2. The Balaban J connectivity index is 2.31. The third-order valence-corrected chi connectivity index (χ3v) is 2.63. The van der Waals surface area contributed by atoms with Gasteiger partial charge in [-0.3, -0.25) is 0 Å². The smallest absolute Gasteiger partial charge is 0.125 e. The second-order valence-electron chi connectivity index (χ2n) is 4.10. The summed E-state index contributed by atoms with van der Waals surface area (Å²) < 4.78 is 0. The van der Waals surface area contributed by atoms with Crippen molar-refractivity contribution in [3.8, 4) is 0 Å². The molecule has 75 valence electrons. The molecule has 0 saturated carbocycles. The predicted octanol–water partition coefficient (Wildman–Crippen LogP) is 2.50. The van der Waals surface area contributed by atoms with E-state index in [4.69, 9.17) is 0 Å². The van der Waals surface area contributed by atoms with Crippen LogP contribution < -0.4 is 5.32 Å². The number of anilines is 1. The van der Waals surface area contributed by atoms with Gasteiger partial charge in [-0.05, 0) is 36.0 Å². The van der Waals surface area contributed by atoms with E-state index in [1.54, 1.807) is 0 Å². The van der Waals surface area contributed by atoms with Crippen LogP contribution in [0.5, 0.6) is 0 Å². The molecule has 0 aliphatic carbocycles. The maximum atomic E-state index is 9.39. The van der Waals surface area contributed by atoms with Crippen LogP contribution in [0.4, 0.5) is 5.69 Å². The lowest BCUT2D eigenvalue weighted by molar-refractivity contribution is 0.201. The predicted molar refractivity (Wildman–Crippen MR) is 58.2 cm³/mol. The van der Waals surface area contributed by atoms with E-state index in [1.807, 2.05) is 6.07 Å². The molecule has 1 atom stereocenters. The van der Waals surface area contributed by atoms with E-state index >= 15 is 0 Å². The molecule has 0 spiro atoms. The Kier molecular flexibility index (Phi) is 2.46. The first-order chi connectivity index (χ1) is 6.66. The van der Waals surface area contributed by atoms with E-state index in [9.17, 15) is 5.11 Å². The highest BCUT2D eigenvalue weighted by Crippen LogP contribution is 2.28. The average Bonchev–Trinajstić information content (AvgIpc) is 2.16. The number of benzene rings is 1. The van der Waals surface area contributed by atoms with Gasteiger partial charge in [0.05, 0.1) is 0 Å². The zero-order valence-electron chi connectivity index (χ0n) is 8.62. The van der Waals surface area contributed by atoms with Gasteiger partial charge < -0.3 is 10.4 Å². The lowest BCUT2D eigenvalue weighted by atomic mass is 9.95. The van der Waals surface area contributed by atoms with Crippen molar-refractivity contribution >= 4 is 5.69 Å². The Morgan fingerprint density at radius 1 is 1.43 bits per heavy atom. The van der Waals surface area contributed by atoms with Crippen LogP contribution in [0.1, 0.15) is 37.3 Å². The molecule has 1 radical (unpaired) electrons. The second kappa shape index (κ2) is 3.62. The van der Waals surface area contributed by atoms with Crippen molar-refractivity contribution in [3.05, 3.63) is 35.7 Å². The summed E-state index contributed by atoms with van der Waals surface area (Å²) in [6.07, 6.45) is 2.35. The fourth-order valence-electron chi connectivity index (χ4n) is 1.72. The summed E-state index contributed by atoms with van der Waals surface area (Å²) in [4.78, 5) is 0. The van der Waals surface area contributed by atoms with Crippen molar-refractivity contribution in [2.75, 3.05) is 5.32 Å². The molecule has 2 rings (SSSR count). The molecule has 0 bridgehead atoms. The van der Waals surface area contributed by atoms with Gasteiger partial charge >= 0.3 is 0 Å². The summed E-state index contributed by atoms with van der Waals surface area (Å²) in [7, 11) is 0. The Hall–Kier alpha value is -1.02. The lowest BCUT2D eigenvalue weighted by Crippen LogP contribution is -2.23. The molecule has 0 saturated heterocycles. The molecule has 0 amide bonds. The van der Waals surface area contributed by atoms with Crippen LogP contribution in [0.15, 0.2) is 18.2 Å². The molecule has 1 unspecified atom stereocenters. The lowest BCUT2D eigenvalue weighted by Gasteiger charge is -2.23. The first kappa shape index (κ1) is 9.53. The number of hydrogen-bond acceptors (Lipinski definition) is 2. The van der Waals surface area contributed by atoms with Gasteiger partial charge in [0.2, 0.25) is 0 Å². The van der Waals surface area contributed by atoms with Gasteiger partial charge in [-0.25, -0.2) is 0 Å². The first-order valence-corrected chi connectivity index (χ1v) is 5.08. The average molecular weight is 190 g/mol. The van der Waals surface area contributed by atoms with E-state index in [2.05, 4.69) is 37.7 Å². The second-order valence-corrected chi connectivity index (χ2v) is 4.10. The Morgan fingerprint density at radius 2 is 2.21 bits per heavy atom. The summed E-state index contributed by atoms with van der Waals surface area (Å²) in [5, 5.41) is 12.4. The highest BCUT2D eigenvalue weighted by Gasteiger charge is 2.15. The molecule has 2 nitrogen and oxygen atoms in total. The van der Waals surface area contributed by atoms with Crippen molar-refractivity contribution in [3.63, 3.8) is 0 Å². The maximum Gasteiger partial charge on any atom is 0.125 e. The van der Waals surface area contributed by atoms with Crippen LogP contribution in [-0.2, 0) is 0 Å². The Labute approximate surface area is 85.0 Å². The van der Waals surface area contributed by atoms with Gasteiger partial charge in [0.1, 0.15) is 6.23 Å². The van der Waals surface area contributed by atoms with Gasteiger partial charge in [0.15, 0.2) is 0 Å². The summed E-state index contributed by atoms with van der Waals surface area (Å²) >= 11 is 0. The molecule has 1 heterocycles. The molecule has 1 aromatic carbocycles. The van der Waals surface area contributed by atoms with E-state index in [1.165, 1.54) is 11.1 Å². The monoisotopic (exact) mass is 190 g/mol. The molecule has 0 aromatic heterocycles. The molecular weight excluding hydrogens is 174 g/mol. The zero-order valence-corrected chi connectivity index (χ0v) is 8.62. The van der Waals surface area contributed by atoms with Crippen LogP contribution in [0.2, 0.25) is 0 Å². The summed E-state index contributed by atoms with van der Waals surface area (Å²) in [6, 6.07) is 6.35. The third-order valence-electron chi connectivity index (χ3n) is 2.63. The van der Waals surface area contributed by atoms with E-state index in [-0.39, 0.29) is 0 Å². The van der Waals surface area contributed by atoms with Gasteiger partial charge in [-0.2, -0.15) is 0 Å². The zero-order chi connectivity index (χ0) is 10.1. The van der Waals surface area contributed by atoms with Gasteiger partial charge in [-0.1, -0.05) is 26.0 Å². The van der Waals surface area contributed by atoms with Crippen molar-refractivity contribution in [2.45, 2.75) is 32.4 Å². The Bertz CT molecular complexity index is 333. The van der Waals surface area contributed by atoms with Crippen LogP contribution in [0.25, 0.3) is 0 Å². The van der Waals surface area contributed by atoms with Crippen molar-refractivity contribution in [2.24, 2.45) is 0 Å². The maximum absolute atomic E-state index is 9.39.